The number of aryl methyl sites for hydroxylation is 2. The van der Waals surface area contributed by atoms with Crippen LogP contribution in [0.1, 0.15) is 17.0 Å². The Hall–Kier alpha value is -1.87. The number of nitrogens with zero attached hydrogens (tertiary/aromatic N) is 4. The van der Waals surface area contributed by atoms with Crippen molar-refractivity contribution in [3.63, 3.8) is 0 Å². The summed E-state index contributed by atoms with van der Waals surface area (Å²) < 4.78 is 30.4. The number of hydrogen-bond donors (Lipinski definition) is 0. The van der Waals surface area contributed by atoms with E-state index in [0.717, 1.165) is 33.3 Å². The fourth-order valence-electron chi connectivity index (χ4n) is 3.84. The summed E-state index contributed by atoms with van der Waals surface area (Å²) in [6.45, 7) is 7.97. The number of halogens is 1. The van der Waals surface area contributed by atoms with E-state index in [4.69, 9.17) is 11.6 Å². The second-order valence-electron chi connectivity index (χ2n) is 7.65. The van der Waals surface area contributed by atoms with Crippen LogP contribution in [0, 0.1) is 20.8 Å². The molecule has 3 aromatic rings. The van der Waals surface area contributed by atoms with Crippen molar-refractivity contribution in [3.05, 3.63) is 51.6 Å². The summed E-state index contributed by atoms with van der Waals surface area (Å²) >= 11 is 7.69. The molecule has 3 heterocycles. The lowest BCUT2D eigenvalue weighted by Crippen LogP contribution is -2.48. The Balaban J connectivity index is 1.58. The zero-order valence-electron chi connectivity index (χ0n) is 17.5. The molecule has 4 rings (SSSR count). The van der Waals surface area contributed by atoms with E-state index in [1.807, 2.05) is 56.0 Å². The number of anilines is 1. The van der Waals surface area contributed by atoms with E-state index in [0.29, 0.717) is 36.1 Å². The van der Waals surface area contributed by atoms with Crippen molar-refractivity contribution in [1.29, 1.82) is 0 Å². The van der Waals surface area contributed by atoms with Gasteiger partial charge in [-0.2, -0.15) is 4.31 Å². The molecule has 0 bridgehead atoms. The number of rotatable bonds is 4. The zero-order chi connectivity index (χ0) is 21.6. The second kappa shape index (κ2) is 8.00. The van der Waals surface area contributed by atoms with Crippen molar-refractivity contribution in [1.82, 2.24) is 13.9 Å². The van der Waals surface area contributed by atoms with E-state index in [9.17, 15) is 8.42 Å². The van der Waals surface area contributed by atoms with E-state index < -0.39 is 10.0 Å². The average molecular weight is 465 g/mol. The molecule has 1 saturated heterocycles. The predicted molar refractivity (Wildman–Crippen MR) is 123 cm³/mol. The van der Waals surface area contributed by atoms with E-state index in [-0.39, 0.29) is 0 Å². The summed E-state index contributed by atoms with van der Waals surface area (Å²) in [5.74, 6) is 0. The van der Waals surface area contributed by atoms with Crippen molar-refractivity contribution < 1.29 is 8.42 Å². The molecular formula is C21H25ClN4O2S2. The molecule has 0 spiro atoms. The van der Waals surface area contributed by atoms with E-state index in [1.165, 1.54) is 11.3 Å². The fourth-order valence-corrected chi connectivity index (χ4v) is 6.55. The van der Waals surface area contributed by atoms with Crippen LogP contribution in [-0.2, 0) is 17.1 Å². The third kappa shape index (κ3) is 3.77. The Morgan fingerprint density at radius 2 is 1.77 bits per heavy atom. The van der Waals surface area contributed by atoms with Gasteiger partial charge in [-0.15, -0.1) is 11.3 Å². The first-order valence-corrected chi connectivity index (χ1v) is 12.5. The molecule has 0 aliphatic carbocycles. The minimum atomic E-state index is -3.58. The number of piperazine rings is 1. The normalized spacial score (nSPS) is 15.7. The van der Waals surface area contributed by atoms with Crippen LogP contribution in [0.3, 0.4) is 0 Å². The monoisotopic (exact) mass is 464 g/mol. The topological polar surface area (TPSA) is 58.4 Å². The van der Waals surface area contributed by atoms with Crippen molar-refractivity contribution in [2.45, 2.75) is 25.7 Å². The van der Waals surface area contributed by atoms with Gasteiger partial charge in [-0.3, -0.25) is 0 Å². The van der Waals surface area contributed by atoms with Gasteiger partial charge < -0.3 is 9.47 Å². The summed E-state index contributed by atoms with van der Waals surface area (Å²) in [6.07, 6.45) is 0. The Morgan fingerprint density at radius 1 is 1.07 bits per heavy atom. The molecule has 0 saturated carbocycles. The van der Waals surface area contributed by atoms with E-state index in [1.54, 1.807) is 10.4 Å². The van der Waals surface area contributed by atoms with Crippen molar-refractivity contribution in [2.24, 2.45) is 7.05 Å². The van der Waals surface area contributed by atoms with Gasteiger partial charge in [0, 0.05) is 60.7 Å². The number of thiazole rings is 1. The number of sulfonamides is 1. The summed E-state index contributed by atoms with van der Waals surface area (Å²) in [6, 6.07) is 7.58. The first-order chi connectivity index (χ1) is 14.2. The van der Waals surface area contributed by atoms with Gasteiger partial charge in [-0.25, -0.2) is 13.4 Å². The van der Waals surface area contributed by atoms with Gasteiger partial charge in [0.1, 0.15) is 9.90 Å². The van der Waals surface area contributed by atoms with Crippen molar-refractivity contribution in [3.8, 4) is 10.7 Å². The third-order valence-electron chi connectivity index (χ3n) is 5.70. The minimum Gasteiger partial charge on any atom is -0.369 e. The molecule has 1 aliphatic heterocycles. The SMILES string of the molecule is Cc1csc(-c2cc(S(=O)(=O)N3CCN(c4cc(Cl)ccc4C)CC3)c(C)n2C)n1. The Kier molecular flexibility index (Phi) is 5.69. The lowest BCUT2D eigenvalue weighted by atomic mass is 10.1. The maximum absolute atomic E-state index is 13.4. The molecule has 6 nitrogen and oxygen atoms in total. The predicted octanol–water partition coefficient (Wildman–Crippen LogP) is 4.24. The largest absolute Gasteiger partial charge is 0.369 e. The molecule has 9 heteroatoms. The van der Waals surface area contributed by atoms with Crippen LogP contribution < -0.4 is 4.90 Å². The van der Waals surface area contributed by atoms with Gasteiger partial charge >= 0.3 is 0 Å². The maximum atomic E-state index is 13.4. The average Bonchev–Trinajstić information content (AvgIpc) is 3.27. The van der Waals surface area contributed by atoms with E-state index >= 15 is 0 Å². The Labute approximate surface area is 186 Å². The van der Waals surface area contributed by atoms with Gasteiger partial charge in [-0.05, 0) is 44.5 Å². The highest BCUT2D eigenvalue weighted by molar-refractivity contribution is 7.89. The molecule has 1 aromatic carbocycles. The minimum absolute atomic E-state index is 0.361. The standard InChI is InChI=1S/C21H25ClN4O2S2/c1-14-5-6-17(22)11-18(14)25-7-9-26(10-8-25)30(27,28)20-12-19(24(4)16(20)3)21-23-15(2)13-29-21/h5-6,11-13H,7-10H2,1-4H3. The molecule has 30 heavy (non-hydrogen) atoms. The highest BCUT2D eigenvalue weighted by Gasteiger charge is 2.32. The van der Waals surface area contributed by atoms with Crippen LogP contribution in [0.4, 0.5) is 5.69 Å². The van der Waals surface area contributed by atoms with Crippen LogP contribution >= 0.6 is 22.9 Å². The van der Waals surface area contributed by atoms with E-state index in [2.05, 4.69) is 9.88 Å². The van der Waals surface area contributed by atoms with Crippen LogP contribution in [0.2, 0.25) is 5.02 Å². The molecular weight excluding hydrogens is 440 g/mol. The summed E-state index contributed by atoms with van der Waals surface area (Å²) in [5, 5.41) is 3.50. The Bertz CT molecular complexity index is 1190. The number of hydrogen-bond acceptors (Lipinski definition) is 5. The first-order valence-electron chi connectivity index (χ1n) is 9.78. The van der Waals surface area contributed by atoms with Gasteiger partial charge in [-0.1, -0.05) is 17.7 Å². The van der Waals surface area contributed by atoms with Crippen LogP contribution in [0.15, 0.2) is 34.5 Å². The Morgan fingerprint density at radius 3 is 2.40 bits per heavy atom. The lowest BCUT2D eigenvalue weighted by molar-refractivity contribution is 0.384. The first kappa shape index (κ1) is 21.4. The number of aromatic nitrogens is 2. The lowest BCUT2D eigenvalue weighted by Gasteiger charge is -2.36. The van der Waals surface area contributed by atoms with Crippen molar-refractivity contribution >= 4 is 38.6 Å². The molecule has 0 N–H and O–H groups in total. The smallest absolute Gasteiger partial charge is 0.244 e. The molecule has 0 atom stereocenters. The van der Waals surface area contributed by atoms with Crippen LogP contribution in [0.5, 0.6) is 0 Å². The quantitative estimate of drug-likeness (QED) is 0.579. The molecule has 0 unspecified atom stereocenters. The fraction of sp³-hybridized carbons (Fsp3) is 0.381. The van der Waals surface area contributed by atoms with Gasteiger partial charge in [0.25, 0.3) is 0 Å². The highest BCUT2D eigenvalue weighted by Crippen LogP contribution is 2.32. The summed E-state index contributed by atoms with van der Waals surface area (Å²) in [5.41, 5.74) is 4.70. The van der Waals surface area contributed by atoms with Gasteiger partial charge in [0.15, 0.2) is 0 Å². The summed E-state index contributed by atoms with van der Waals surface area (Å²) in [4.78, 5) is 7.09. The summed E-state index contributed by atoms with van der Waals surface area (Å²) in [7, 11) is -1.69. The molecule has 160 valence electrons. The van der Waals surface area contributed by atoms with Crippen LogP contribution in [0.25, 0.3) is 10.7 Å². The molecule has 0 amide bonds. The van der Waals surface area contributed by atoms with Crippen LogP contribution in [-0.4, -0.2) is 48.5 Å². The zero-order valence-corrected chi connectivity index (χ0v) is 19.9. The maximum Gasteiger partial charge on any atom is 0.244 e. The molecule has 2 aromatic heterocycles. The van der Waals surface area contributed by atoms with Gasteiger partial charge in [0.2, 0.25) is 10.0 Å². The molecule has 1 aliphatic rings. The third-order valence-corrected chi connectivity index (χ3v) is 8.93. The van der Waals surface area contributed by atoms with Gasteiger partial charge in [0.05, 0.1) is 5.69 Å². The molecule has 0 radical (unpaired) electrons. The van der Waals surface area contributed by atoms with Crippen molar-refractivity contribution in [2.75, 3.05) is 31.1 Å². The highest BCUT2D eigenvalue weighted by atomic mass is 35.5. The number of benzene rings is 1. The second-order valence-corrected chi connectivity index (χ2v) is 10.9. The molecule has 1 fully saturated rings.